The summed E-state index contributed by atoms with van der Waals surface area (Å²) in [5.41, 5.74) is 1.97. The average Bonchev–Trinajstić information content (AvgIpc) is 3.16. The Kier molecular flexibility index (Phi) is 7.57. The Morgan fingerprint density at radius 3 is 2.39 bits per heavy atom. The van der Waals surface area contributed by atoms with Gasteiger partial charge in [-0.25, -0.2) is 4.79 Å². The van der Waals surface area contributed by atoms with Crippen LogP contribution < -0.4 is 4.74 Å². The third kappa shape index (κ3) is 4.78. The van der Waals surface area contributed by atoms with Crippen LogP contribution >= 0.6 is 0 Å². The zero-order valence-corrected chi connectivity index (χ0v) is 20.8. The summed E-state index contributed by atoms with van der Waals surface area (Å²) >= 11 is 0. The second kappa shape index (κ2) is 10.8. The van der Waals surface area contributed by atoms with Crippen LogP contribution in [0.3, 0.4) is 0 Å². The van der Waals surface area contributed by atoms with Crippen molar-refractivity contribution >= 4 is 23.5 Å². The molecule has 4 rings (SSSR count). The summed E-state index contributed by atoms with van der Waals surface area (Å²) in [6.45, 7) is 7.12. The highest BCUT2D eigenvalue weighted by Crippen LogP contribution is 2.42. The summed E-state index contributed by atoms with van der Waals surface area (Å²) in [7, 11) is 0. The molecule has 1 aromatic heterocycles. The number of benzene rings is 1. The molecule has 0 radical (unpaired) electrons. The zero-order valence-electron chi connectivity index (χ0n) is 20.8. The number of Topliss-reactive ketones (excluding diaryl/α,β-unsaturated/α-hetero) is 1. The predicted molar refractivity (Wildman–Crippen MR) is 132 cm³/mol. The molecule has 1 N–H and O–H groups in total. The topological polar surface area (TPSA) is 109 Å². The van der Waals surface area contributed by atoms with Crippen molar-refractivity contribution in [1.29, 1.82) is 0 Å². The smallest absolute Gasteiger partial charge is 0.409 e. The fraction of sp³-hybridized carbons (Fsp3) is 0.407. The van der Waals surface area contributed by atoms with E-state index in [-0.39, 0.29) is 23.5 Å². The van der Waals surface area contributed by atoms with Crippen LogP contribution in [0.4, 0.5) is 4.79 Å². The number of aryl methyl sites for hydroxylation is 1. The van der Waals surface area contributed by atoms with Crippen molar-refractivity contribution in [3.63, 3.8) is 0 Å². The van der Waals surface area contributed by atoms with E-state index in [1.807, 2.05) is 13.8 Å². The number of ketones is 1. The molecule has 3 heterocycles. The molecular formula is C27H31N3O6. The number of carbonyl (C=O) groups is 3. The number of likely N-dealkylation sites (tertiary alicyclic amines) is 2. The minimum absolute atomic E-state index is 0.0441. The summed E-state index contributed by atoms with van der Waals surface area (Å²) in [4.78, 5) is 46.1. The van der Waals surface area contributed by atoms with Crippen molar-refractivity contribution in [2.45, 2.75) is 45.7 Å². The second-order valence-electron chi connectivity index (χ2n) is 8.82. The number of pyridine rings is 1. The first-order chi connectivity index (χ1) is 17.4. The van der Waals surface area contributed by atoms with Gasteiger partial charge in [-0.2, -0.15) is 0 Å². The lowest BCUT2D eigenvalue weighted by molar-refractivity contribution is -0.142. The van der Waals surface area contributed by atoms with Gasteiger partial charge in [0.2, 0.25) is 0 Å². The molecule has 1 aromatic carbocycles. The highest BCUT2D eigenvalue weighted by atomic mass is 16.6. The van der Waals surface area contributed by atoms with Crippen molar-refractivity contribution in [3.05, 3.63) is 65.0 Å². The van der Waals surface area contributed by atoms with E-state index in [1.54, 1.807) is 59.4 Å². The number of aromatic nitrogens is 1. The summed E-state index contributed by atoms with van der Waals surface area (Å²) in [5.74, 6) is -0.925. The average molecular weight is 494 g/mol. The Balaban J connectivity index is 1.72. The predicted octanol–water partition coefficient (Wildman–Crippen LogP) is 3.83. The van der Waals surface area contributed by atoms with Crippen LogP contribution in [-0.4, -0.2) is 70.0 Å². The molecule has 2 saturated heterocycles. The number of aliphatic hydroxyl groups excluding tert-OH is 1. The molecule has 2 amide bonds. The number of carbonyl (C=O) groups excluding carboxylic acids is 3. The first-order valence-electron chi connectivity index (χ1n) is 12.2. The molecule has 2 fully saturated rings. The minimum Gasteiger partial charge on any atom is -0.507 e. The van der Waals surface area contributed by atoms with Crippen LogP contribution in [0.15, 0.2) is 48.3 Å². The molecule has 0 saturated carbocycles. The number of rotatable bonds is 6. The van der Waals surface area contributed by atoms with E-state index < -0.39 is 17.7 Å². The van der Waals surface area contributed by atoms with Crippen molar-refractivity contribution in [3.8, 4) is 5.75 Å². The molecule has 0 spiro atoms. The van der Waals surface area contributed by atoms with Crippen LogP contribution in [0.25, 0.3) is 5.76 Å². The van der Waals surface area contributed by atoms with E-state index in [0.717, 1.165) is 5.56 Å². The van der Waals surface area contributed by atoms with E-state index in [0.29, 0.717) is 56.0 Å². The lowest BCUT2D eigenvalue weighted by Crippen LogP contribution is -2.48. The number of ether oxygens (including phenoxy) is 2. The Labute approximate surface area is 210 Å². The SMILES string of the molecule is CCOC(=O)N1CCC(N2C(=O)C(=O)/C(=C(/O)c3ccc(OCC)c(C)c3)C2c2ccncc2)CC1. The summed E-state index contributed by atoms with van der Waals surface area (Å²) in [6.07, 6.45) is 3.81. The van der Waals surface area contributed by atoms with Crippen LogP contribution in [-0.2, 0) is 14.3 Å². The Morgan fingerprint density at radius 1 is 1.08 bits per heavy atom. The summed E-state index contributed by atoms with van der Waals surface area (Å²) < 4.78 is 10.7. The molecule has 9 nitrogen and oxygen atoms in total. The van der Waals surface area contributed by atoms with E-state index in [4.69, 9.17) is 9.47 Å². The highest BCUT2D eigenvalue weighted by Gasteiger charge is 2.49. The van der Waals surface area contributed by atoms with Gasteiger partial charge in [0.15, 0.2) is 0 Å². The van der Waals surface area contributed by atoms with Gasteiger partial charge < -0.3 is 24.4 Å². The molecule has 0 bridgehead atoms. The number of piperidine rings is 1. The molecule has 36 heavy (non-hydrogen) atoms. The quantitative estimate of drug-likeness (QED) is 0.370. The standard InChI is InChI=1S/C27H31N3O6/c1-4-35-21-7-6-19(16-17(21)3)24(31)22-23(18-8-12-28-13-9-18)30(26(33)25(22)32)20-10-14-29(15-11-20)27(34)36-5-2/h6-9,12-13,16,20,23,31H,4-5,10-11,14-15H2,1-3H3/b24-22+. The van der Waals surface area contributed by atoms with Gasteiger partial charge in [0.05, 0.1) is 24.8 Å². The third-order valence-corrected chi connectivity index (χ3v) is 6.63. The van der Waals surface area contributed by atoms with Gasteiger partial charge in [-0.3, -0.25) is 14.6 Å². The lowest BCUT2D eigenvalue weighted by atomic mass is 9.94. The van der Waals surface area contributed by atoms with Crippen LogP contribution in [0.1, 0.15) is 49.4 Å². The molecule has 1 atom stereocenters. The Morgan fingerprint density at radius 2 is 1.78 bits per heavy atom. The van der Waals surface area contributed by atoms with E-state index in [2.05, 4.69) is 4.98 Å². The van der Waals surface area contributed by atoms with Crippen molar-refractivity contribution < 1.29 is 29.0 Å². The van der Waals surface area contributed by atoms with Crippen LogP contribution in [0.2, 0.25) is 0 Å². The lowest BCUT2D eigenvalue weighted by Gasteiger charge is -2.38. The number of amides is 2. The summed E-state index contributed by atoms with van der Waals surface area (Å²) in [5, 5.41) is 11.3. The van der Waals surface area contributed by atoms with Gasteiger partial charge in [-0.1, -0.05) is 0 Å². The van der Waals surface area contributed by atoms with E-state index >= 15 is 0 Å². The van der Waals surface area contributed by atoms with Crippen molar-refractivity contribution in [1.82, 2.24) is 14.8 Å². The molecule has 2 aromatic rings. The molecule has 190 valence electrons. The second-order valence-corrected chi connectivity index (χ2v) is 8.82. The van der Waals surface area contributed by atoms with E-state index in [9.17, 15) is 19.5 Å². The molecule has 0 aliphatic carbocycles. The normalized spacial score (nSPS) is 20.0. The third-order valence-electron chi connectivity index (χ3n) is 6.63. The largest absolute Gasteiger partial charge is 0.507 e. The molecule has 2 aliphatic heterocycles. The maximum atomic E-state index is 13.3. The number of hydrogen-bond acceptors (Lipinski definition) is 7. The fourth-order valence-electron chi connectivity index (χ4n) is 4.91. The van der Waals surface area contributed by atoms with E-state index in [1.165, 1.54) is 0 Å². The zero-order chi connectivity index (χ0) is 25.8. The van der Waals surface area contributed by atoms with Gasteiger partial charge in [-0.05, 0) is 75.1 Å². The fourth-order valence-corrected chi connectivity index (χ4v) is 4.91. The number of hydrogen-bond donors (Lipinski definition) is 1. The van der Waals surface area contributed by atoms with Crippen LogP contribution in [0.5, 0.6) is 5.75 Å². The van der Waals surface area contributed by atoms with Crippen molar-refractivity contribution in [2.24, 2.45) is 0 Å². The number of aliphatic hydroxyl groups is 1. The molecule has 2 aliphatic rings. The Hall–Kier alpha value is -3.88. The molecule has 1 unspecified atom stereocenters. The van der Waals surface area contributed by atoms with Gasteiger partial charge >= 0.3 is 6.09 Å². The van der Waals surface area contributed by atoms with Crippen LogP contribution in [0, 0.1) is 6.92 Å². The first kappa shape index (κ1) is 25.2. The minimum atomic E-state index is -0.765. The van der Waals surface area contributed by atoms with Gasteiger partial charge in [0.25, 0.3) is 11.7 Å². The maximum Gasteiger partial charge on any atom is 0.409 e. The Bertz CT molecular complexity index is 1170. The highest BCUT2D eigenvalue weighted by molar-refractivity contribution is 6.46. The monoisotopic (exact) mass is 493 g/mol. The number of nitrogens with zero attached hydrogens (tertiary/aromatic N) is 3. The molecule has 9 heteroatoms. The maximum absolute atomic E-state index is 13.3. The first-order valence-corrected chi connectivity index (χ1v) is 12.2. The van der Waals surface area contributed by atoms with Gasteiger partial charge in [-0.15, -0.1) is 0 Å². The van der Waals surface area contributed by atoms with Crippen molar-refractivity contribution in [2.75, 3.05) is 26.3 Å². The summed E-state index contributed by atoms with van der Waals surface area (Å²) in [6, 6.07) is 7.62. The van der Waals surface area contributed by atoms with Gasteiger partial charge in [0, 0.05) is 37.1 Å². The van der Waals surface area contributed by atoms with Gasteiger partial charge in [0.1, 0.15) is 11.5 Å². The molecular weight excluding hydrogens is 462 g/mol.